The van der Waals surface area contributed by atoms with Crippen molar-refractivity contribution < 1.29 is 19.1 Å². The molecule has 0 aliphatic carbocycles. The van der Waals surface area contributed by atoms with Crippen molar-refractivity contribution in [2.24, 2.45) is 17.8 Å². The summed E-state index contributed by atoms with van der Waals surface area (Å²) in [5.41, 5.74) is 0. The first-order valence-electron chi connectivity index (χ1n) is 8.07. The number of ether oxygens (including phenoxy) is 1. The zero-order valence-corrected chi connectivity index (χ0v) is 14.8. The van der Waals surface area contributed by atoms with Crippen molar-refractivity contribution in [3.63, 3.8) is 0 Å². The summed E-state index contributed by atoms with van der Waals surface area (Å²) in [5.74, 6) is 1.44. The van der Waals surface area contributed by atoms with E-state index in [0.29, 0.717) is 0 Å². The number of Topliss-reactive ketones (excluding diaryl/α,β-unsaturated/α-hetero) is 2. The fraction of sp³-hybridized carbons (Fsp3) is 0.722. The van der Waals surface area contributed by atoms with Crippen LogP contribution in [0.1, 0.15) is 47.5 Å². The lowest BCUT2D eigenvalue weighted by Crippen LogP contribution is -2.44. The van der Waals surface area contributed by atoms with E-state index in [2.05, 4.69) is 11.2 Å². The minimum absolute atomic E-state index is 0.00642. The van der Waals surface area contributed by atoms with E-state index in [4.69, 9.17) is 11.2 Å². The molecule has 0 fully saturated rings. The molecule has 2 atom stereocenters. The lowest BCUT2D eigenvalue weighted by atomic mass is 9.88. The van der Waals surface area contributed by atoms with Gasteiger partial charge in [-0.2, -0.15) is 0 Å². The summed E-state index contributed by atoms with van der Waals surface area (Å²) in [6.45, 7) is 9.49. The van der Waals surface area contributed by atoms with Crippen molar-refractivity contribution in [3.8, 4) is 12.3 Å². The number of amides is 1. The van der Waals surface area contributed by atoms with Crippen LogP contribution in [0.5, 0.6) is 0 Å². The summed E-state index contributed by atoms with van der Waals surface area (Å²) in [6, 6.07) is -0.544. The van der Waals surface area contributed by atoms with Crippen LogP contribution < -0.4 is 5.32 Å². The van der Waals surface area contributed by atoms with E-state index >= 15 is 0 Å². The highest BCUT2D eigenvalue weighted by Gasteiger charge is 2.27. The van der Waals surface area contributed by atoms with Gasteiger partial charge in [0.25, 0.3) is 0 Å². The molecule has 0 bridgehead atoms. The van der Waals surface area contributed by atoms with Gasteiger partial charge < -0.3 is 10.1 Å². The van der Waals surface area contributed by atoms with Crippen molar-refractivity contribution in [3.05, 3.63) is 0 Å². The van der Waals surface area contributed by atoms with Gasteiger partial charge in [-0.05, 0) is 12.8 Å². The second-order valence-electron chi connectivity index (χ2n) is 6.39. The number of hydrogen-bond donors (Lipinski definition) is 1. The Morgan fingerprint density at radius 3 is 2.22 bits per heavy atom. The highest BCUT2D eigenvalue weighted by atomic mass is 16.5. The predicted octanol–water partition coefficient (Wildman–Crippen LogP) is 1.99. The van der Waals surface area contributed by atoms with Crippen LogP contribution in [0.15, 0.2) is 0 Å². The first-order valence-corrected chi connectivity index (χ1v) is 8.07. The van der Waals surface area contributed by atoms with E-state index < -0.39 is 12.0 Å². The summed E-state index contributed by atoms with van der Waals surface area (Å²) in [5, 5.41) is 2.73. The molecule has 0 aliphatic rings. The van der Waals surface area contributed by atoms with E-state index in [1.807, 2.05) is 13.8 Å². The molecule has 5 nitrogen and oxygen atoms in total. The summed E-state index contributed by atoms with van der Waals surface area (Å²) in [6.07, 6.45) is 5.44. The van der Waals surface area contributed by atoms with Crippen LogP contribution in [0.3, 0.4) is 0 Å². The first-order chi connectivity index (χ1) is 10.7. The van der Waals surface area contributed by atoms with Gasteiger partial charge in [-0.3, -0.25) is 14.4 Å². The Kier molecular flexibility index (Phi) is 10.2. The van der Waals surface area contributed by atoms with Gasteiger partial charge in [0.15, 0.2) is 5.78 Å². The molecule has 1 amide bonds. The maximum atomic E-state index is 12.4. The Bertz CT molecular complexity index is 448. The Morgan fingerprint density at radius 2 is 1.74 bits per heavy atom. The lowest BCUT2D eigenvalue weighted by molar-refractivity contribution is -0.134. The molecule has 0 radical (unpaired) electrons. The molecule has 0 spiro atoms. The minimum atomic E-state index is -0.544. The molecule has 5 heteroatoms. The monoisotopic (exact) mass is 323 g/mol. The third kappa shape index (κ3) is 8.51. The maximum absolute atomic E-state index is 12.4. The summed E-state index contributed by atoms with van der Waals surface area (Å²) in [4.78, 5) is 36.2. The average molecular weight is 323 g/mol. The van der Waals surface area contributed by atoms with Crippen molar-refractivity contribution in [2.75, 3.05) is 13.2 Å². The third-order valence-electron chi connectivity index (χ3n) is 3.65. The predicted molar refractivity (Wildman–Crippen MR) is 89.7 cm³/mol. The number of terminal acetylenes is 1. The highest BCUT2D eigenvalue weighted by Crippen LogP contribution is 2.17. The van der Waals surface area contributed by atoms with Gasteiger partial charge in [-0.1, -0.05) is 33.6 Å². The van der Waals surface area contributed by atoms with Crippen LogP contribution in [0, 0.1) is 30.1 Å². The molecular formula is C18H29NO4. The zero-order chi connectivity index (χ0) is 18.0. The second kappa shape index (κ2) is 11.0. The lowest BCUT2D eigenvalue weighted by Gasteiger charge is -2.22. The van der Waals surface area contributed by atoms with Gasteiger partial charge in [0, 0.05) is 24.7 Å². The molecular weight excluding hydrogens is 294 g/mol. The Morgan fingerprint density at radius 1 is 1.13 bits per heavy atom. The van der Waals surface area contributed by atoms with Gasteiger partial charge in [-0.25, -0.2) is 0 Å². The van der Waals surface area contributed by atoms with Crippen molar-refractivity contribution in [1.82, 2.24) is 5.32 Å². The fourth-order valence-corrected chi connectivity index (χ4v) is 2.19. The SMILES string of the molecule is C#CCOCCC(=O)C[C@H](C(=O)N[C@@H](C)C(=O)C(C)C)C(C)C. The van der Waals surface area contributed by atoms with E-state index in [0.717, 1.165) is 0 Å². The first kappa shape index (κ1) is 21.3. The fourth-order valence-electron chi connectivity index (χ4n) is 2.19. The number of ketones is 2. The number of carbonyl (C=O) groups is 3. The molecule has 0 aromatic carbocycles. The number of carbonyl (C=O) groups excluding carboxylic acids is 3. The standard InChI is InChI=1S/C18H29NO4/c1-7-9-23-10-8-15(20)11-16(12(2)3)18(22)19-14(6)17(21)13(4)5/h1,12-14,16H,8-11H2,2-6H3,(H,19,22)/t14-,16-/m0/s1. The zero-order valence-electron chi connectivity index (χ0n) is 14.8. The van der Waals surface area contributed by atoms with Crippen LogP contribution in [0.2, 0.25) is 0 Å². The second-order valence-corrected chi connectivity index (χ2v) is 6.39. The minimum Gasteiger partial charge on any atom is -0.368 e. The Balaban J connectivity index is 4.55. The molecule has 0 unspecified atom stereocenters. The van der Waals surface area contributed by atoms with Gasteiger partial charge in [-0.15, -0.1) is 6.42 Å². The van der Waals surface area contributed by atoms with Crippen LogP contribution in [-0.4, -0.2) is 36.7 Å². The van der Waals surface area contributed by atoms with Crippen LogP contribution in [0.25, 0.3) is 0 Å². The van der Waals surface area contributed by atoms with Crippen LogP contribution in [0.4, 0.5) is 0 Å². The van der Waals surface area contributed by atoms with E-state index in [1.165, 1.54) is 0 Å². The smallest absolute Gasteiger partial charge is 0.224 e. The average Bonchev–Trinajstić information content (AvgIpc) is 2.47. The summed E-state index contributed by atoms with van der Waals surface area (Å²) >= 11 is 0. The van der Waals surface area contributed by atoms with Crippen molar-refractivity contribution in [2.45, 2.75) is 53.5 Å². The largest absolute Gasteiger partial charge is 0.368 e. The third-order valence-corrected chi connectivity index (χ3v) is 3.65. The Labute approximate surface area is 139 Å². The van der Waals surface area contributed by atoms with E-state index in [-0.39, 0.29) is 55.4 Å². The molecule has 0 saturated heterocycles. The summed E-state index contributed by atoms with van der Waals surface area (Å²) in [7, 11) is 0. The number of nitrogens with one attached hydrogen (secondary N) is 1. The van der Waals surface area contributed by atoms with E-state index in [1.54, 1.807) is 20.8 Å². The molecule has 23 heavy (non-hydrogen) atoms. The van der Waals surface area contributed by atoms with Gasteiger partial charge in [0.2, 0.25) is 5.91 Å². The molecule has 0 rings (SSSR count). The number of hydrogen-bond acceptors (Lipinski definition) is 4. The quantitative estimate of drug-likeness (QED) is 0.466. The molecule has 0 saturated carbocycles. The van der Waals surface area contributed by atoms with E-state index in [9.17, 15) is 14.4 Å². The van der Waals surface area contributed by atoms with Gasteiger partial charge >= 0.3 is 0 Å². The number of rotatable bonds is 11. The molecule has 0 aromatic rings. The highest BCUT2D eigenvalue weighted by molar-refractivity contribution is 5.92. The maximum Gasteiger partial charge on any atom is 0.224 e. The Hall–Kier alpha value is -1.67. The van der Waals surface area contributed by atoms with Crippen LogP contribution in [-0.2, 0) is 19.1 Å². The normalized spacial score (nSPS) is 13.5. The molecule has 0 aliphatic heterocycles. The summed E-state index contributed by atoms with van der Waals surface area (Å²) < 4.78 is 5.08. The van der Waals surface area contributed by atoms with Crippen molar-refractivity contribution >= 4 is 17.5 Å². The van der Waals surface area contributed by atoms with Crippen LogP contribution >= 0.6 is 0 Å². The van der Waals surface area contributed by atoms with Gasteiger partial charge in [0.05, 0.1) is 12.6 Å². The molecule has 130 valence electrons. The van der Waals surface area contributed by atoms with Crippen molar-refractivity contribution in [1.29, 1.82) is 0 Å². The topological polar surface area (TPSA) is 72.5 Å². The molecule has 0 aromatic heterocycles. The molecule has 1 N–H and O–H groups in total. The van der Waals surface area contributed by atoms with Gasteiger partial charge in [0.1, 0.15) is 12.4 Å². The molecule has 0 heterocycles.